The highest BCUT2D eigenvalue weighted by molar-refractivity contribution is 5.95. The van der Waals surface area contributed by atoms with Gasteiger partial charge in [-0.3, -0.25) is 4.79 Å². The average molecular weight is 311 g/mol. The predicted octanol–water partition coefficient (Wildman–Crippen LogP) is 2.79. The minimum atomic E-state index is -0.0449. The molecule has 0 heterocycles. The van der Waals surface area contributed by atoms with Gasteiger partial charge in [-0.2, -0.15) is 0 Å². The highest BCUT2D eigenvalue weighted by Gasteiger charge is 2.15. The van der Waals surface area contributed by atoms with Crippen LogP contribution in [0.1, 0.15) is 22.0 Å². The van der Waals surface area contributed by atoms with Gasteiger partial charge in [0.05, 0.1) is 6.04 Å². The number of rotatable bonds is 6. The van der Waals surface area contributed by atoms with Gasteiger partial charge < -0.3 is 15.1 Å². The zero-order valence-electron chi connectivity index (χ0n) is 14.3. The Morgan fingerprint density at radius 3 is 2.30 bits per heavy atom. The van der Waals surface area contributed by atoms with E-state index in [1.807, 2.05) is 75.6 Å². The molecule has 1 amide bonds. The van der Waals surface area contributed by atoms with Crippen LogP contribution in [-0.2, 0) is 0 Å². The lowest BCUT2D eigenvalue weighted by molar-refractivity contribution is 0.0942. The van der Waals surface area contributed by atoms with Gasteiger partial charge in [0.25, 0.3) is 5.91 Å². The molecule has 0 saturated heterocycles. The summed E-state index contributed by atoms with van der Waals surface area (Å²) in [5.74, 6) is -0.0449. The fraction of sp³-hybridized carbons (Fsp3) is 0.316. The van der Waals surface area contributed by atoms with E-state index in [1.54, 1.807) is 0 Å². The van der Waals surface area contributed by atoms with Crippen LogP contribution in [0.4, 0.5) is 5.69 Å². The van der Waals surface area contributed by atoms with Crippen molar-refractivity contribution in [3.05, 3.63) is 65.7 Å². The van der Waals surface area contributed by atoms with Crippen molar-refractivity contribution in [1.29, 1.82) is 0 Å². The lowest BCUT2D eigenvalue weighted by Crippen LogP contribution is -2.34. The summed E-state index contributed by atoms with van der Waals surface area (Å²) in [6.07, 6.45) is 0. The molecular weight excluding hydrogens is 286 g/mol. The smallest absolute Gasteiger partial charge is 0.251 e. The van der Waals surface area contributed by atoms with Gasteiger partial charge in [0.1, 0.15) is 0 Å². The van der Waals surface area contributed by atoms with Gasteiger partial charge in [0, 0.05) is 31.9 Å². The number of nitrogens with zero attached hydrogens (tertiary/aromatic N) is 2. The molecule has 0 radical (unpaired) electrons. The van der Waals surface area contributed by atoms with Crippen molar-refractivity contribution in [1.82, 2.24) is 10.2 Å². The van der Waals surface area contributed by atoms with E-state index in [2.05, 4.69) is 22.3 Å². The number of carbonyl (C=O) groups is 1. The molecule has 0 aliphatic rings. The summed E-state index contributed by atoms with van der Waals surface area (Å²) in [5.41, 5.74) is 2.89. The van der Waals surface area contributed by atoms with Crippen LogP contribution in [-0.4, -0.2) is 45.5 Å². The number of carbonyl (C=O) groups excluding carboxylic acids is 1. The Morgan fingerprint density at radius 2 is 1.70 bits per heavy atom. The van der Waals surface area contributed by atoms with Gasteiger partial charge in [0.15, 0.2) is 0 Å². The van der Waals surface area contributed by atoms with Gasteiger partial charge in [-0.25, -0.2) is 0 Å². The molecule has 0 bridgehead atoms. The monoisotopic (exact) mass is 311 g/mol. The maximum Gasteiger partial charge on any atom is 0.251 e. The number of amides is 1. The third kappa shape index (κ3) is 4.57. The van der Waals surface area contributed by atoms with Crippen LogP contribution in [0.15, 0.2) is 54.6 Å². The van der Waals surface area contributed by atoms with E-state index in [4.69, 9.17) is 0 Å². The molecule has 122 valence electrons. The van der Waals surface area contributed by atoms with Crippen molar-refractivity contribution in [2.75, 3.05) is 39.6 Å². The lowest BCUT2D eigenvalue weighted by atomic mass is 10.1. The van der Waals surface area contributed by atoms with E-state index in [0.29, 0.717) is 12.1 Å². The van der Waals surface area contributed by atoms with Crippen molar-refractivity contribution in [3.8, 4) is 0 Å². The molecule has 0 fully saturated rings. The van der Waals surface area contributed by atoms with Crippen LogP contribution >= 0.6 is 0 Å². The Kier molecular flexibility index (Phi) is 5.77. The highest BCUT2D eigenvalue weighted by Crippen LogP contribution is 2.17. The van der Waals surface area contributed by atoms with E-state index in [-0.39, 0.29) is 11.9 Å². The van der Waals surface area contributed by atoms with Crippen molar-refractivity contribution < 1.29 is 4.79 Å². The Bertz CT molecular complexity index is 638. The Balaban J connectivity index is 2.06. The summed E-state index contributed by atoms with van der Waals surface area (Å²) in [6, 6.07) is 18.0. The molecule has 4 heteroatoms. The van der Waals surface area contributed by atoms with E-state index in [1.165, 1.54) is 5.56 Å². The van der Waals surface area contributed by atoms with E-state index < -0.39 is 0 Å². The third-order valence-electron chi connectivity index (χ3n) is 3.89. The molecule has 0 saturated carbocycles. The van der Waals surface area contributed by atoms with E-state index in [0.717, 1.165) is 5.69 Å². The minimum absolute atomic E-state index is 0.0449. The van der Waals surface area contributed by atoms with Gasteiger partial charge >= 0.3 is 0 Å². The second-order valence-electron chi connectivity index (χ2n) is 6.04. The van der Waals surface area contributed by atoms with Crippen molar-refractivity contribution in [2.24, 2.45) is 0 Å². The van der Waals surface area contributed by atoms with Crippen molar-refractivity contribution >= 4 is 11.6 Å². The molecule has 0 spiro atoms. The Hall–Kier alpha value is -2.33. The van der Waals surface area contributed by atoms with Crippen LogP contribution in [0, 0.1) is 0 Å². The first-order chi connectivity index (χ1) is 11.0. The first-order valence-electron chi connectivity index (χ1n) is 7.76. The maximum atomic E-state index is 12.4. The first-order valence-corrected chi connectivity index (χ1v) is 7.76. The summed E-state index contributed by atoms with van der Waals surface area (Å²) >= 11 is 0. The first kappa shape index (κ1) is 17.0. The molecular formula is C19H25N3O. The maximum absolute atomic E-state index is 12.4. The Morgan fingerprint density at radius 1 is 1.00 bits per heavy atom. The summed E-state index contributed by atoms with van der Waals surface area (Å²) in [6.45, 7) is 0.571. The molecule has 23 heavy (non-hydrogen) atoms. The predicted molar refractivity (Wildman–Crippen MR) is 96.0 cm³/mol. The summed E-state index contributed by atoms with van der Waals surface area (Å²) in [4.78, 5) is 16.5. The summed E-state index contributed by atoms with van der Waals surface area (Å²) in [7, 11) is 7.98. The Labute approximate surface area is 138 Å². The minimum Gasteiger partial charge on any atom is -0.378 e. The van der Waals surface area contributed by atoms with Gasteiger partial charge in [-0.05, 0) is 37.9 Å². The second-order valence-corrected chi connectivity index (χ2v) is 6.04. The number of benzene rings is 2. The largest absolute Gasteiger partial charge is 0.378 e. The molecule has 1 atom stereocenters. The van der Waals surface area contributed by atoms with E-state index in [9.17, 15) is 4.79 Å². The van der Waals surface area contributed by atoms with Gasteiger partial charge in [-0.15, -0.1) is 0 Å². The molecule has 0 aliphatic carbocycles. The fourth-order valence-corrected chi connectivity index (χ4v) is 2.49. The third-order valence-corrected chi connectivity index (χ3v) is 3.89. The molecule has 0 aromatic heterocycles. The van der Waals surface area contributed by atoms with Gasteiger partial charge in [0.2, 0.25) is 0 Å². The fourth-order valence-electron chi connectivity index (χ4n) is 2.49. The number of hydrogen-bond donors (Lipinski definition) is 1. The standard InChI is InChI=1S/C19H25N3O/c1-21(2)17-12-8-11-16(13-17)19(23)20-14-18(22(3)4)15-9-6-5-7-10-15/h5-13,18H,14H2,1-4H3,(H,20,23). The summed E-state index contributed by atoms with van der Waals surface area (Å²) in [5, 5.41) is 3.05. The van der Waals surface area contributed by atoms with Gasteiger partial charge in [-0.1, -0.05) is 36.4 Å². The van der Waals surface area contributed by atoms with Crippen molar-refractivity contribution in [2.45, 2.75) is 6.04 Å². The van der Waals surface area contributed by atoms with Crippen LogP contribution < -0.4 is 10.2 Å². The zero-order chi connectivity index (χ0) is 16.8. The van der Waals surface area contributed by atoms with E-state index >= 15 is 0 Å². The van der Waals surface area contributed by atoms with Crippen LogP contribution in [0.3, 0.4) is 0 Å². The topological polar surface area (TPSA) is 35.6 Å². The molecule has 2 aromatic rings. The molecule has 2 rings (SSSR count). The lowest BCUT2D eigenvalue weighted by Gasteiger charge is -2.25. The zero-order valence-corrected chi connectivity index (χ0v) is 14.3. The SMILES string of the molecule is CN(C)c1cccc(C(=O)NCC(c2ccccc2)N(C)C)c1. The average Bonchev–Trinajstić information content (AvgIpc) is 2.55. The summed E-state index contributed by atoms with van der Waals surface area (Å²) < 4.78 is 0. The molecule has 4 nitrogen and oxygen atoms in total. The number of hydrogen-bond acceptors (Lipinski definition) is 3. The highest BCUT2D eigenvalue weighted by atomic mass is 16.1. The molecule has 2 aromatic carbocycles. The normalized spacial score (nSPS) is 12.0. The quantitative estimate of drug-likeness (QED) is 0.891. The second kappa shape index (κ2) is 7.79. The number of anilines is 1. The molecule has 0 aliphatic heterocycles. The van der Waals surface area contributed by atoms with Crippen LogP contribution in [0.2, 0.25) is 0 Å². The van der Waals surface area contributed by atoms with Crippen LogP contribution in [0.5, 0.6) is 0 Å². The number of likely N-dealkylation sites (N-methyl/N-ethyl adjacent to an activating group) is 1. The van der Waals surface area contributed by atoms with Crippen LogP contribution in [0.25, 0.3) is 0 Å². The molecule has 1 unspecified atom stereocenters. The number of nitrogens with one attached hydrogen (secondary N) is 1. The van der Waals surface area contributed by atoms with Crippen molar-refractivity contribution in [3.63, 3.8) is 0 Å². The molecule has 1 N–H and O–H groups in total.